The molecule has 3 N–H and O–H groups in total. The summed E-state index contributed by atoms with van der Waals surface area (Å²) in [7, 11) is 1.76. The second kappa shape index (κ2) is 6.69. The van der Waals surface area contributed by atoms with Gasteiger partial charge in [-0.3, -0.25) is 10.1 Å². The zero-order valence-electron chi connectivity index (χ0n) is 11.8. The first-order valence-electron chi connectivity index (χ1n) is 6.27. The highest BCUT2D eigenvalue weighted by Crippen LogP contribution is 2.27. The van der Waals surface area contributed by atoms with Gasteiger partial charge in [0.2, 0.25) is 5.82 Å². The monoisotopic (exact) mass is 281 g/mol. The van der Waals surface area contributed by atoms with Crippen molar-refractivity contribution in [3.05, 3.63) is 27.9 Å². The highest BCUT2D eigenvalue weighted by atomic mass is 16.6. The predicted molar refractivity (Wildman–Crippen MR) is 76.2 cm³/mol. The molecule has 1 aromatic heterocycles. The minimum absolute atomic E-state index is 0.126. The van der Waals surface area contributed by atoms with Crippen LogP contribution < -0.4 is 10.6 Å². The van der Waals surface area contributed by atoms with E-state index in [0.717, 1.165) is 12.8 Å². The molecule has 0 amide bonds. The third kappa shape index (κ3) is 3.34. The van der Waals surface area contributed by atoms with Crippen molar-refractivity contribution in [1.29, 1.82) is 0 Å². The molecule has 1 atom stereocenters. The quantitative estimate of drug-likeness (QED) is 0.269. The summed E-state index contributed by atoms with van der Waals surface area (Å²) in [6.07, 6.45) is 3.23. The Morgan fingerprint density at radius 2 is 2.35 bits per heavy atom. The third-order valence-corrected chi connectivity index (χ3v) is 3.15. The van der Waals surface area contributed by atoms with E-state index in [1.54, 1.807) is 11.9 Å². The molecule has 1 unspecified atom stereocenters. The van der Waals surface area contributed by atoms with Gasteiger partial charge in [0.15, 0.2) is 5.84 Å². The van der Waals surface area contributed by atoms with Gasteiger partial charge in [-0.15, -0.1) is 0 Å². The Morgan fingerprint density at radius 3 is 2.85 bits per heavy atom. The Labute approximate surface area is 117 Å². The average Bonchev–Trinajstić information content (AvgIpc) is 2.45. The SMILES string of the molecule is CCCC(C)N(C)c1ncc(C(N)=NO)cc1[N+](=O)[O-]. The summed E-state index contributed by atoms with van der Waals surface area (Å²) in [5.41, 5.74) is 5.46. The zero-order chi connectivity index (χ0) is 15.3. The number of rotatable bonds is 6. The standard InChI is InChI=1S/C12H19N5O3/c1-4-5-8(2)16(3)12-10(17(19)20)6-9(7-14-12)11(13)15-18/h6-8,18H,4-5H2,1-3H3,(H2,13,15). The summed E-state index contributed by atoms with van der Waals surface area (Å²) in [6, 6.07) is 1.38. The normalized spacial score (nSPS) is 13.1. The maximum atomic E-state index is 11.2. The van der Waals surface area contributed by atoms with Crippen LogP contribution >= 0.6 is 0 Å². The first-order valence-corrected chi connectivity index (χ1v) is 6.27. The molecule has 0 aliphatic carbocycles. The van der Waals surface area contributed by atoms with Gasteiger partial charge < -0.3 is 15.8 Å². The molecule has 1 aromatic rings. The average molecular weight is 281 g/mol. The molecule has 0 aromatic carbocycles. The Kier molecular flexibility index (Phi) is 5.24. The summed E-state index contributed by atoms with van der Waals surface area (Å²) in [6.45, 7) is 4.03. The van der Waals surface area contributed by atoms with Gasteiger partial charge >= 0.3 is 5.69 Å². The number of nitrogens with zero attached hydrogens (tertiary/aromatic N) is 4. The maximum absolute atomic E-state index is 11.2. The second-order valence-corrected chi connectivity index (χ2v) is 4.56. The van der Waals surface area contributed by atoms with Crippen LogP contribution in [0.2, 0.25) is 0 Å². The Balaban J connectivity index is 3.23. The number of pyridine rings is 1. The number of hydrogen-bond acceptors (Lipinski definition) is 6. The fourth-order valence-electron chi connectivity index (χ4n) is 1.87. The highest BCUT2D eigenvalue weighted by Gasteiger charge is 2.23. The molecule has 0 spiro atoms. The van der Waals surface area contributed by atoms with Crippen molar-refractivity contribution in [3.8, 4) is 0 Å². The van der Waals surface area contributed by atoms with Crippen molar-refractivity contribution in [2.75, 3.05) is 11.9 Å². The summed E-state index contributed by atoms with van der Waals surface area (Å²) in [5.74, 6) is 0.0573. The topological polar surface area (TPSA) is 118 Å². The van der Waals surface area contributed by atoms with Gasteiger partial charge in [0.25, 0.3) is 0 Å². The van der Waals surface area contributed by atoms with E-state index in [9.17, 15) is 10.1 Å². The Hall–Kier alpha value is -2.38. The van der Waals surface area contributed by atoms with E-state index in [-0.39, 0.29) is 28.9 Å². The molecule has 0 bridgehead atoms. The van der Waals surface area contributed by atoms with Crippen LogP contribution in [-0.2, 0) is 0 Å². The summed E-state index contributed by atoms with van der Waals surface area (Å²) in [4.78, 5) is 16.5. The van der Waals surface area contributed by atoms with Crippen LogP contribution in [-0.4, -0.2) is 34.0 Å². The number of hydrogen-bond donors (Lipinski definition) is 2. The molecule has 0 aliphatic rings. The fourth-order valence-corrected chi connectivity index (χ4v) is 1.87. The van der Waals surface area contributed by atoms with Crippen LogP contribution in [0.3, 0.4) is 0 Å². The number of amidine groups is 1. The van der Waals surface area contributed by atoms with Gasteiger partial charge in [-0.05, 0) is 13.3 Å². The van der Waals surface area contributed by atoms with Gasteiger partial charge in [-0.2, -0.15) is 0 Å². The van der Waals surface area contributed by atoms with Gasteiger partial charge in [-0.1, -0.05) is 18.5 Å². The minimum Gasteiger partial charge on any atom is -0.409 e. The first kappa shape index (κ1) is 15.7. The molecular formula is C12H19N5O3. The first-order chi connectivity index (χ1) is 9.42. The molecule has 0 fully saturated rings. The van der Waals surface area contributed by atoms with Crippen LogP contribution in [0.5, 0.6) is 0 Å². The van der Waals surface area contributed by atoms with Crippen LogP contribution in [0, 0.1) is 10.1 Å². The summed E-state index contributed by atoms with van der Waals surface area (Å²) in [5, 5.41) is 22.6. The van der Waals surface area contributed by atoms with Crippen LogP contribution in [0.15, 0.2) is 17.4 Å². The molecule has 0 saturated heterocycles. The minimum atomic E-state index is -0.522. The molecule has 0 aliphatic heterocycles. The van der Waals surface area contributed by atoms with Crippen molar-refractivity contribution in [3.63, 3.8) is 0 Å². The number of aromatic nitrogens is 1. The van der Waals surface area contributed by atoms with E-state index in [2.05, 4.69) is 10.1 Å². The number of nitrogens with two attached hydrogens (primary N) is 1. The number of oxime groups is 1. The zero-order valence-corrected chi connectivity index (χ0v) is 11.8. The number of nitro groups is 1. The molecule has 0 saturated carbocycles. The maximum Gasteiger partial charge on any atom is 0.312 e. The fraction of sp³-hybridized carbons (Fsp3) is 0.500. The van der Waals surface area contributed by atoms with Crippen molar-refractivity contribution >= 4 is 17.3 Å². The van der Waals surface area contributed by atoms with E-state index in [1.807, 2.05) is 13.8 Å². The Bertz CT molecular complexity index is 518. The molecule has 20 heavy (non-hydrogen) atoms. The Morgan fingerprint density at radius 1 is 1.70 bits per heavy atom. The van der Waals surface area contributed by atoms with Crippen LogP contribution in [0.1, 0.15) is 32.3 Å². The predicted octanol–water partition coefficient (Wildman–Crippen LogP) is 1.71. The molecule has 8 nitrogen and oxygen atoms in total. The van der Waals surface area contributed by atoms with Crippen LogP contribution in [0.25, 0.3) is 0 Å². The molecule has 110 valence electrons. The van der Waals surface area contributed by atoms with E-state index >= 15 is 0 Å². The van der Waals surface area contributed by atoms with Crippen LogP contribution in [0.4, 0.5) is 11.5 Å². The summed E-state index contributed by atoms with van der Waals surface area (Å²) >= 11 is 0. The highest BCUT2D eigenvalue weighted by molar-refractivity contribution is 5.97. The van der Waals surface area contributed by atoms with Gasteiger partial charge in [0, 0.05) is 30.9 Å². The van der Waals surface area contributed by atoms with Crippen molar-refractivity contribution in [2.24, 2.45) is 10.9 Å². The molecule has 1 heterocycles. The lowest BCUT2D eigenvalue weighted by molar-refractivity contribution is -0.384. The second-order valence-electron chi connectivity index (χ2n) is 4.56. The van der Waals surface area contributed by atoms with E-state index < -0.39 is 4.92 Å². The largest absolute Gasteiger partial charge is 0.409 e. The lowest BCUT2D eigenvalue weighted by atomic mass is 10.1. The molecule has 1 rings (SSSR count). The van der Waals surface area contributed by atoms with Crippen molar-refractivity contribution in [1.82, 2.24) is 4.98 Å². The van der Waals surface area contributed by atoms with Gasteiger partial charge in [-0.25, -0.2) is 4.98 Å². The lowest BCUT2D eigenvalue weighted by Gasteiger charge is -2.25. The smallest absolute Gasteiger partial charge is 0.312 e. The van der Waals surface area contributed by atoms with E-state index in [1.165, 1.54) is 12.3 Å². The van der Waals surface area contributed by atoms with E-state index in [0.29, 0.717) is 0 Å². The molecular weight excluding hydrogens is 262 g/mol. The summed E-state index contributed by atoms with van der Waals surface area (Å²) < 4.78 is 0. The third-order valence-electron chi connectivity index (χ3n) is 3.15. The lowest BCUT2D eigenvalue weighted by Crippen LogP contribution is -2.30. The van der Waals surface area contributed by atoms with Gasteiger partial charge in [0.05, 0.1) is 4.92 Å². The van der Waals surface area contributed by atoms with E-state index in [4.69, 9.17) is 10.9 Å². The van der Waals surface area contributed by atoms with Gasteiger partial charge in [0.1, 0.15) is 0 Å². The number of anilines is 1. The molecule has 8 heteroatoms. The molecule has 0 radical (unpaired) electrons. The van der Waals surface area contributed by atoms with Crippen molar-refractivity contribution < 1.29 is 10.1 Å². The van der Waals surface area contributed by atoms with Crippen molar-refractivity contribution in [2.45, 2.75) is 32.7 Å².